The maximum absolute atomic E-state index is 13.2. The van der Waals surface area contributed by atoms with Gasteiger partial charge in [0.2, 0.25) is 0 Å². The second-order valence-electron chi connectivity index (χ2n) is 8.12. The average Bonchev–Trinajstić information content (AvgIpc) is 3.14. The highest BCUT2D eigenvalue weighted by molar-refractivity contribution is 7.15. The van der Waals surface area contributed by atoms with E-state index in [4.69, 9.17) is 9.47 Å². The van der Waals surface area contributed by atoms with Gasteiger partial charge in [-0.05, 0) is 44.0 Å². The number of anilines is 1. The number of ether oxygens (including phenoxy) is 2. The lowest BCUT2D eigenvalue weighted by atomic mass is 10.0. The number of halogens is 3. The van der Waals surface area contributed by atoms with E-state index in [1.807, 2.05) is 6.07 Å². The molecule has 1 heterocycles. The molecule has 0 saturated carbocycles. The first-order chi connectivity index (χ1) is 15.4. The number of thiophene rings is 1. The van der Waals surface area contributed by atoms with Gasteiger partial charge in [0.15, 0.2) is 0 Å². The Balaban J connectivity index is 1.97. The molecule has 1 N–H and O–H groups in total. The number of rotatable bonds is 5. The largest absolute Gasteiger partial charge is 0.457 e. The van der Waals surface area contributed by atoms with Gasteiger partial charge in [-0.25, -0.2) is 9.59 Å². The molecule has 5 nitrogen and oxygen atoms in total. The molecular weight excluding hydrogens is 455 g/mol. The third-order valence-corrected chi connectivity index (χ3v) is 5.22. The molecule has 33 heavy (non-hydrogen) atoms. The van der Waals surface area contributed by atoms with Crippen molar-refractivity contribution < 1.29 is 32.2 Å². The summed E-state index contributed by atoms with van der Waals surface area (Å²) < 4.78 is 50.3. The van der Waals surface area contributed by atoms with Crippen molar-refractivity contribution in [1.82, 2.24) is 0 Å². The van der Waals surface area contributed by atoms with E-state index in [-0.39, 0.29) is 28.3 Å². The first-order valence-electron chi connectivity index (χ1n) is 9.94. The molecule has 0 aliphatic heterocycles. The van der Waals surface area contributed by atoms with Gasteiger partial charge < -0.3 is 9.47 Å². The standard InChI is InChI=1S/C24H22F3NO4S/c1-23(2,3)32-22(30)28-20-19(21(29)31-13-15-8-5-4-6-9-15)18(14-33-20)16-10-7-11-17(12-16)24(25,26)27/h4-12,14H,13H2,1-3H3,(H,28,30). The predicted octanol–water partition coefficient (Wildman–Crippen LogP) is 7.14. The van der Waals surface area contributed by atoms with Crippen LogP contribution in [0.4, 0.5) is 23.0 Å². The van der Waals surface area contributed by atoms with Gasteiger partial charge in [0, 0.05) is 10.9 Å². The summed E-state index contributed by atoms with van der Waals surface area (Å²) in [6.07, 6.45) is -5.34. The molecule has 0 aliphatic carbocycles. The van der Waals surface area contributed by atoms with Crippen LogP contribution in [-0.2, 0) is 22.3 Å². The van der Waals surface area contributed by atoms with Crippen molar-refractivity contribution in [2.45, 2.75) is 39.2 Å². The van der Waals surface area contributed by atoms with Gasteiger partial charge in [-0.3, -0.25) is 5.32 Å². The molecule has 0 aliphatic rings. The van der Waals surface area contributed by atoms with Gasteiger partial charge in [0.1, 0.15) is 22.8 Å². The highest BCUT2D eigenvalue weighted by atomic mass is 32.1. The third kappa shape index (κ3) is 6.58. The molecule has 0 unspecified atom stereocenters. The van der Waals surface area contributed by atoms with Crippen LogP contribution in [0.3, 0.4) is 0 Å². The van der Waals surface area contributed by atoms with E-state index in [0.29, 0.717) is 0 Å². The molecule has 9 heteroatoms. The van der Waals surface area contributed by atoms with Crippen LogP contribution in [0.25, 0.3) is 11.1 Å². The molecule has 0 spiro atoms. The molecule has 3 rings (SSSR count). The maximum atomic E-state index is 13.2. The molecule has 2 aromatic carbocycles. The number of hydrogen-bond donors (Lipinski definition) is 1. The summed E-state index contributed by atoms with van der Waals surface area (Å²) in [6.45, 7) is 5.02. The molecule has 0 fully saturated rings. The molecule has 3 aromatic rings. The Hall–Kier alpha value is -3.33. The van der Waals surface area contributed by atoms with E-state index in [1.165, 1.54) is 17.5 Å². The quantitative estimate of drug-likeness (QED) is 0.397. The first kappa shape index (κ1) is 24.3. The zero-order valence-corrected chi connectivity index (χ0v) is 19.0. The fraction of sp³-hybridized carbons (Fsp3) is 0.250. The van der Waals surface area contributed by atoms with Crippen LogP contribution in [0.2, 0.25) is 0 Å². The van der Waals surface area contributed by atoms with Crippen molar-refractivity contribution in [2.75, 3.05) is 5.32 Å². The average molecular weight is 478 g/mol. The Kier molecular flexibility index (Phi) is 7.12. The SMILES string of the molecule is CC(C)(C)OC(=O)Nc1scc(-c2cccc(C(F)(F)F)c2)c1C(=O)OCc1ccccc1. The summed E-state index contributed by atoms with van der Waals surface area (Å²) in [5.41, 5.74) is -0.541. The predicted molar refractivity (Wildman–Crippen MR) is 120 cm³/mol. The van der Waals surface area contributed by atoms with E-state index in [9.17, 15) is 22.8 Å². The van der Waals surface area contributed by atoms with Crippen LogP contribution in [-0.4, -0.2) is 17.7 Å². The molecule has 1 amide bonds. The minimum absolute atomic E-state index is 0.0383. The number of alkyl halides is 3. The smallest absolute Gasteiger partial charge is 0.416 e. The topological polar surface area (TPSA) is 64.6 Å². The normalized spacial score (nSPS) is 11.7. The fourth-order valence-corrected chi connectivity index (χ4v) is 3.86. The lowest BCUT2D eigenvalue weighted by molar-refractivity contribution is -0.137. The summed E-state index contributed by atoms with van der Waals surface area (Å²) in [4.78, 5) is 25.3. The van der Waals surface area contributed by atoms with Gasteiger partial charge >= 0.3 is 18.2 Å². The van der Waals surface area contributed by atoms with Crippen LogP contribution in [0.15, 0.2) is 60.0 Å². The summed E-state index contributed by atoms with van der Waals surface area (Å²) in [7, 11) is 0. The van der Waals surface area contributed by atoms with Crippen molar-refractivity contribution in [2.24, 2.45) is 0 Å². The molecule has 0 radical (unpaired) electrons. The second-order valence-corrected chi connectivity index (χ2v) is 9.00. The highest BCUT2D eigenvalue weighted by Crippen LogP contribution is 2.39. The summed E-state index contributed by atoms with van der Waals surface area (Å²) in [6, 6.07) is 13.6. The highest BCUT2D eigenvalue weighted by Gasteiger charge is 2.31. The lowest BCUT2D eigenvalue weighted by Gasteiger charge is -2.19. The molecule has 0 atom stereocenters. The van der Waals surface area contributed by atoms with E-state index < -0.39 is 29.4 Å². The fourth-order valence-electron chi connectivity index (χ4n) is 2.92. The minimum Gasteiger partial charge on any atom is -0.457 e. The van der Waals surface area contributed by atoms with Crippen LogP contribution >= 0.6 is 11.3 Å². The summed E-state index contributed by atoms with van der Waals surface area (Å²) in [5, 5.41) is 4.14. The summed E-state index contributed by atoms with van der Waals surface area (Å²) in [5.74, 6) is -0.779. The first-order valence-corrected chi connectivity index (χ1v) is 10.8. The van der Waals surface area contributed by atoms with E-state index in [1.54, 1.807) is 45.0 Å². The van der Waals surface area contributed by atoms with Gasteiger partial charge in [0.05, 0.1) is 5.56 Å². The Morgan fingerprint density at radius 1 is 1.00 bits per heavy atom. The molecule has 1 aromatic heterocycles. The van der Waals surface area contributed by atoms with Crippen molar-refractivity contribution >= 4 is 28.4 Å². The van der Waals surface area contributed by atoms with Gasteiger partial charge in [-0.15, -0.1) is 11.3 Å². The van der Waals surface area contributed by atoms with Crippen molar-refractivity contribution in [3.8, 4) is 11.1 Å². The molecule has 0 saturated heterocycles. The van der Waals surface area contributed by atoms with E-state index >= 15 is 0 Å². The Morgan fingerprint density at radius 3 is 2.33 bits per heavy atom. The van der Waals surface area contributed by atoms with Crippen LogP contribution in [0.1, 0.15) is 42.3 Å². The number of benzene rings is 2. The molecule has 174 valence electrons. The third-order valence-electron chi connectivity index (χ3n) is 4.32. The zero-order chi connectivity index (χ0) is 24.2. The number of carbonyl (C=O) groups excluding carboxylic acids is 2. The van der Waals surface area contributed by atoms with Gasteiger partial charge in [0.25, 0.3) is 0 Å². The number of hydrogen-bond acceptors (Lipinski definition) is 5. The molecular formula is C24H22F3NO4S. The van der Waals surface area contributed by atoms with Crippen LogP contribution in [0, 0.1) is 0 Å². The summed E-state index contributed by atoms with van der Waals surface area (Å²) >= 11 is 0.995. The number of nitrogens with one attached hydrogen (secondary N) is 1. The van der Waals surface area contributed by atoms with E-state index in [2.05, 4.69) is 5.32 Å². The number of esters is 1. The van der Waals surface area contributed by atoms with Crippen LogP contribution in [0.5, 0.6) is 0 Å². The van der Waals surface area contributed by atoms with Gasteiger partial charge in [-0.1, -0.05) is 42.5 Å². The zero-order valence-electron chi connectivity index (χ0n) is 18.2. The van der Waals surface area contributed by atoms with Crippen molar-refractivity contribution in [1.29, 1.82) is 0 Å². The van der Waals surface area contributed by atoms with Gasteiger partial charge in [-0.2, -0.15) is 13.2 Å². The lowest BCUT2D eigenvalue weighted by Crippen LogP contribution is -2.27. The van der Waals surface area contributed by atoms with Crippen molar-refractivity contribution in [3.05, 3.63) is 76.7 Å². The number of amides is 1. The Labute approximate surface area is 193 Å². The molecule has 0 bridgehead atoms. The Bertz CT molecular complexity index is 1130. The second kappa shape index (κ2) is 9.66. The van der Waals surface area contributed by atoms with Crippen LogP contribution < -0.4 is 5.32 Å². The maximum Gasteiger partial charge on any atom is 0.416 e. The van der Waals surface area contributed by atoms with E-state index in [0.717, 1.165) is 29.0 Å². The number of carbonyl (C=O) groups is 2. The minimum atomic E-state index is -4.54. The Morgan fingerprint density at radius 2 is 1.70 bits per heavy atom. The monoisotopic (exact) mass is 477 g/mol. The van der Waals surface area contributed by atoms with Crippen molar-refractivity contribution in [3.63, 3.8) is 0 Å².